The third-order valence-electron chi connectivity index (χ3n) is 5.31. The van der Waals surface area contributed by atoms with Gasteiger partial charge in [-0.3, -0.25) is 0 Å². The second-order valence-corrected chi connectivity index (χ2v) is 7.77. The van der Waals surface area contributed by atoms with Gasteiger partial charge in [-0.25, -0.2) is 4.79 Å². The van der Waals surface area contributed by atoms with E-state index in [2.05, 4.69) is 60.5 Å². The van der Waals surface area contributed by atoms with Gasteiger partial charge in [0.2, 0.25) is 0 Å². The van der Waals surface area contributed by atoms with E-state index in [1.54, 1.807) is 0 Å². The van der Waals surface area contributed by atoms with Crippen molar-refractivity contribution < 1.29 is 9.63 Å². The fourth-order valence-corrected chi connectivity index (χ4v) is 3.64. The van der Waals surface area contributed by atoms with Crippen LogP contribution in [0, 0.1) is 0 Å². The number of hydrogen-bond donors (Lipinski definition) is 0. The summed E-state index contributed by atoms with van der Waals surface area (Å²) in [6.07, 6.45) is 15.0. The number of benzene rings is 1. The largest absolute Gasteiger partial charge is 0.341 e. The zero-order chi connectivity index (χ0) is 21.9. The monoisotopic (exact) mass is 408 g/mol. The van der Waals surface area contributed by atoms with E-state index < -0.39 is 5.97 Å². The van der Waals surface area contributed by atoms with Crippen molar-refractivity contribution in [3.8, 4) is 0 Å². The molecule has 2 rings (SSSR count). The normalized spacial score (nSPS) is 12.9. The molecule has 30 heavy (non-hydrogen) atoms. The van der Waals surface area contributed by atoms with Crippen molar-refractivity contribution in [2.45, 2.75) is 79.2 Å². The molecule has 0 spiro atoms. The second kappa shape index (κ2) is 12.2. The quantitative estimate of drug-likeness (QED) is 0.215. The lowest BCUT2D eigenvalue weighted by molar-refractivity contribution is -0.140. The number of allylic oxidation sites excluding steroid dienone is 2. The lowest BCUT2D eigenvalue weighted by Crippen LogP contribution is -2.27. The molecule has 0 unspecified atom stereocenters. The van der Waals surface area contributed by atoms with Crippen molar-refractivity contribution in [2.75, 3.05) is 0 Å². The van der Waals surface area contributed by atoms with E-state index in [0.29, 0.717) is 5.71 Å². The Labute approximate surface area is 180 Å². The number of carbonyl (C=O) groups excluding carboxylic acids is 1. The maximum absolute atomic E-state index is 11.1. The summed E-state index contributed by atoms with van der Waals surface area (Å²) in [5, 5.41) is 7.28. The Hall–Kier alpha value is -2.62. The van der Waals surface area contributed by atoms with Crippen molar-refractivity contribution in [3.05, 3.63) is 46.5 Å². The van der Waals surface area contributed by atoms with Crippen molar-refractivity contribution in [1.82, 2.24) is 4.57 Å². The summed E-state index contributed by atoms with van der Waals surface area (Å²) < 4.78 is 2.34. The van der Waals surface area contributed by atoms with E-state index in [1.807, 2.05) is 13.0 Å². The van der Waals surface area contributed by atoms with E-state index >= 15 is 0 Å². The first kappa shape index (κ1) is 23.7. The molecule has 0 fully saturated rings. The van der Waals surface area contributed by atoms with Crippen LogP contribution in [0.2, 0.25) is 0 Å². The molecular formula is C26H36N2O2. The number of unbranched alkanes of at least 4 members (excludes halogenated alkanes) is 5. The summed E-state index contributed by atoms with van der Waals surface area (Å²) in [6.45, 7) is 13.0. The number of oxime groups is 1. The van der Waals surface area contributed by atoms with E-state index in [1.165, 1.54) is 44.5 Å². The second-order valence-electron chi connectivity index (χ2n) is 7.77. The van der Waals surface area contributed by atoms with Crippen molar-refractivity contribution >= 4 is 35.2 Å². The molecule has 0 atom stereocenters. The van der Waals surface area contributed by atoms with Crippen LogP contribution < -0.4 is 10.6 Å². The van der Waals surface area contributed by atoms with Gasteiger partial charge in [-0.05, 0) is 37.5 Å². The van der Waals surface area contributed by atoms with Crippen LogP contribution in [0.4, 0.5) is 0 Å². The van der Waals surface area contributed by atoms with E-state index in [9.17, 15) is 4.79 Å². The smallest absolute Gasteiger partial charge is 0.331 e. The van der Waals surface area contributed by atoms with Gasteiger partial charge in [0, 0.05) is 34.9 Å². The fraction of sp³-hybridized carbons (Fsp3) is 0.462. The maximum Gasteiger partial charge on any atom is 0.331 e. The number of rotatable bonds is 11. The van der Waals surface area contributed by atoms with Gasteiger partial charge in [0.1, 0.15) is 0 Å². The number of aromatic nitrogens is 1. The van der Waals surface area contributed by atoms with Crippen LogP contribution in [0.15, 0.2) is 35.5 Å². The molecule has 4 heteroatoms. The molecule has 0 amide bonds. The first-order valence-corrected chi connectivity index (χ1v) is 11.2. The van der Waals surface area contributed by atoms with Crippen LogP contribution in [0.1, 0.15) is 78.2 Å². The van der Waals surface area contributed by atoms with Crippen molar-refractivity contribution in [1.29, 1.82) is 0 Å². The van der Waals surface area contributed by atoms with Crippen LogP contribution in [-0.2, 0) is 16.2 Å². The van der Waals surface area contributed by atoms with Crippen molar-refractivity contribution in [2.24, 2.45) is 5.16 Å². The van der Waals surface area contributed by atoms with Gasteiger partial charge in [-0.1, -0.05) is 82.0 Å². The summed E-state index contributed by atoms with van der Waals surface area (Å²) in [6, 6.07) is 6.29. The first-order chi connectivity index (χ1) is 14.5. The minimum Gasteiger partial charge on any atom is -0.341 e. The minimum atomic E-state index is -0.417. The lowest BCUT2D eigenvalue weighted by Gasteiger charge is -2.07. The standard InChI is InChI=1S/C26H36N2O2/c1-6-8-10-11-12-14-18-28-21(4)24(15-13-9-7-2)25-19-23(16-17-26(25)28)20(3)27-30-22(5)29/h9,13,15-17,19H,4,6-8,10-12,14,18H2,1-3,5H3/b13-9-,24-15+,27-20+. The van der Waals surface area contributed by atoms with Crippen LogP contribution >= 0.6 is 0 Å². The molecule has 0 saturated carbocycles. The Morgan fingerprint density at radius 1 is 1.13 bits per heavy atom. The van der Waals surface area contributed by atoms with Gasteiger partial charge in [-0.15, -0.1) is 0 Å². The maximum atomic E-state index is 11.1. The van der Waals surface area contributed by atoms with Gasteiger partial charge in [0.25, 0.3) is 0 Å². The summed E-state index contributed by atoms with van der Waals surface area (Å²) in [7, 11) is 0. The third kappa shape index (κ3) is 6.45. The van der Waals surface area contributed by atoms with Crippen molar-refractivity contribution in [3.63, 3.8) is 0 Å². The zero-order valence-corrected chi connectivity index (χ0v) is 19.0. The average molecular weight is 409 g/mol. The van der Waals surface area contributed by atoms with Crippen LogP contribution in [0.3, 0.4) is 0 Å². The van der Waals surface area contributed by atoms with Gasteiger partial charge in [0.15, 0.2) is 0 Å². The summed E-state index contributed by atoms with van der Waals surface area (Å²) in [5.74, 6) is -0.417. The number of nitrogens with zero attached hydrogens (tertiary/aromatic N) is 2. The summed E-state index contributed by atoms with van der Waals surface area (Å²) >= 11 is 0. The van der Waals surface area contributed by atoms with Crippen LogP contribution in [0.25, 0.3) is 23.6 Å². The van der Waals surface area contributed by atoms with E-state index in [0.717, 1.165) is 40.9 Å². The molecular weight excluding hydrogens is 372 g/mol. The highest BCUT2D eigenvalue weighted by molar-refractivity contribution is 6.01. The molecule has 1 heterocycles. The molecule has 0 aliphatic heterocycles. The highest BCUT2D eigenvalue weighted by atomic mass is 16.7. The highest BCUT2D eigenvalue weighted by Gasteiger charge is 2.09. The molecule has 0 radical (unpaired) electrons. The Kier molecular flexibility index (Phi) is 9.59. The summed E-state index contributed by atoms with van der Waals surface area (Å²) in [4.78, 5) is 15.9. The molecule has 1 aromatic carbocycles. The molecule has 0 bridgehead atoms. The van der Waals surface area contributed by atoms with E-state index in [4.69, 9.17) is 4.84 Å². The average Bonchev–Trinajstić information content (AvgIpc) is 2.99. The van der Waals surface area contributed by atoms with Gasteiger partial charge < -0.3 is 9.40 Å². The number of aryl methyl sites for hydroxylation is 1. The Morgan fingerprint density at radius 3 is 2.57 bits per heavy atom. The molecule has 0 aliphatic rings. The Morgan fingerprint density at radius 2 is 1.87 bits per heavy atom. The highest BCUT2D eigenvalue weighted by Crippen LogP contribution is 2.15. The predicted molar refractivity (Wildman–Crippen MR) is 128 cm³/mol. The first-order valence-electron chi connectivity index (χ1n) is 11.2. The van der Waals surface area contributed by atoms with Gasteiger partial charge in [-0.2, -0.15) is 0 Å². The number of carbonyl (C=O) groups is 1. The lowest BCUT2D eigenvalue weighted by atomic mass is 10.1. The van der Waals surface area contributed by atoms with E-state index in [-0.39, 0.29) is 0 Å². The molecule has 4 nitrogen and oxygen atoms in total. The topological polar surface area (TPSA) is 43.6 Å². The number of fused-ring (bicyclic) bond motifs is 1. The Balaban J connectivity index is 2.40. The molecule has 162 valence electrons. The minimum absolute atomic E-state index is 0.417. The summed E-state index contributed by atoms with van der Waals surface area (Å²) in [5.41, 5.74) is 2.81. The molecule has 0 saturated heterocycles. The third-order valence-corrected chi connectivity index (χ3v) is 5.31. The fourth-order valence-electron chi connectivity index (χ4n) is 3.64. The molecule has 0 N–H and O–H groups in total. The molecule has 2 aromatic rings. The van der Waals surface area contributed by atoms with Gasteiger partial charge >= 0.3 is 5.97 Å². The molecule has 0 aliphatic carbocycles. The SMILES string of the molecule is C=c1/c(=C\C=C/CC)c2cc(/C(C)=N/OC(C)=O)ccc2n1CCCCCCCC. The van der Waals surface area contributed by atoms with Gasteiger partial charge in [0.05, 0.1) is 5.71 Å². The Bertz CT molecular complexity index is 1010. The molecule has 1 aromatic heterocycles. The number of hydrogen-bond acceptors (Lipinski definition) is 3. The van der Waals surface area contributed by atoms with Crippen LogP contribution in [-0.4, -0.2) is 16.2 Å². The zero-order valence-electron chi connectivity index (χ0n) is 19.0. The predicted octanol–water partition coefficient (Wildman–Crippen LogP) is 5.45. The van der Waals surface area contributed by atoms with Crippen LogP contribution in [0.5, 0.6) is 0 Å².